The van der Waals surface area contributed by atoms with Gasteiger partial charge in [0.1, 0.15) is 0 Å². The van der Waals surface area contributed by atoms with Crippen LogP contribution in [-0.4, -0.2) is 42.2 Å². The van der Waals surface area contributed by atoms with Crippen molar-refractivity contribution in [2.45, 2.75) is 33.1 Å². The van der Waals surface area contributed by atoms with Crippen LogP contribution in [0.3, 0.4) is 0 Å². The first-order chi connectivity index (χ1) is 13.8. The Balaban J connectivity index is 1.74. The van der Waals surface area contributed by atoms with E-state index in [0.717, 1.165) is 12.1 Å². The van der Waals surface area contributed by atoms with Crippen LogP contribution in [0.2, 0.25) is 0 Å². The van der Waals surface area contributed by atoms with E-state index in [4.69, 9.17) is 4.74 Å². The number of nitrogens with zero attached hydrogens (tertiary/aromatic N) is 1. The van der Waals surface area contributed by atoms with Gasteiger partial charge in [-0.1, -0.05) is 0 Å². The van der Waals surface area contributed by atoms with E-state index in [0.29, 0.717) is 29.9 Å². The Morgan fingerprint density at radius 2 is 1.90 bits per heavy atom. The number of Topliss-reactive ketones (excluding diaryl/α,β-unsaturated/α-hetero) is 1. The molecule has 8 heteroatoms. The number of ketones is 1. The Bertz CT molecular complexity index is 975. The summed E-state index contributed by atoms with van der Waals surface area (Å²) < 4.78 is 4.79. The van der Waals surface area contributed by atoms with Gasteiger partial charge in [0.2, 0.25) is 11.8 Å². The third-order valence-electron chi connectivity index (χ3n) is 4.94. The van der Waals surface area contributed by atoms with Crippen molar-refractivity contribution in [2.24, 2.45) is 0 Å². The molecule has 1 aromatic heterocycles. The SMILES string of the molecule is COC(=O)c1c(CC(=O)Nc2ccc(N3CCCC3=O)cc2)[nH]c(C(C)=O)c1C. The number of benzene rings is 1. The number of aromatic amines is 1. The van der Waals surface area contributed by atoms with Crippen molar-refractivity contribution in [1.29, 1.82) is 0 Å². The van der Waals surface area contributed by atoms with Crippen LogP contribution in [0.5, 0.6) is 0 Å². The summed E-state index contributed by atoms with van der Waals surface area (Å²) in [6, 6.07) is 7.01. The minimum absolute atomic E-state index is 0.0977. The molecule has 1 aliphatic heterocycles. The van der Waals surface area contributed by atoms with Crippen LogP contribution in [0.15, 0.2) is 24.3 Å². The quantitative estimate of drug-likeness (QED) is 0.575. The molecule has 8 nitrogen and oxygen atoms in total. The third kappa shape index (κ3) is 4.21. The number of hydrogen-bond acceptors (Lipinski definition) is 5. The molecule has 3 rings (SSSR count). The zero-order valence-corrected chi connectivity index (χ0v) is 16.6. The predicted molar refractivity (Wildman–Crippen MR) is 107 cm³/mol. The van der Waals surface area contributed by atoms with Crippen LogP contribution < -0.4 is 10.2 Å². The maximum Gasteiger partial charge on any atom is 0.339 e. The molecule has 2 N–H and O–H groups in total. The molecular formula is C21H23N3O5. The van der Waals surface area contributed by atoms with Crippen molar-refractivity contribution in [3.05, 3.63) is 46.8 Å². The summed E-state index contributed by atoms with van der Waals surface area (Å²) in [6.45, 7) is 3.72. The first kappa shape index (κ1) is 20.3. The van der Waals surface area contributed by atoms with Gasteiger partial charge in [-0.25, -0.2) is 4.79 Å². The molecule has 0 unspecified atom stereocenters. The van der Waals surface area contributed by atoms with E-state index in [-0.39, 0.29) is 35.3 Å². The second-order valence-corrected chi connectivity index (χ2v) is 6.95. The summed E-state index contributed by atoms with van der Waals surface area (Å²) >= 11 is 0. The second kappa shape index (κ2) is 8.30. The molecule has 152 valence electrons. The van der Waals surface area contributed by atoms with Crippen molar-refractivity contribution >= 4 is 34.9 Å². The van der Waals surface area contributed by atoms with Crippen molar-refractivity contribution in [2.75, 3.05) is 23.9 Å². The number of amides is 2. The Kier molecular flexibility index (Phi) is 5.81. The molecule has 1 aliphatic rings. The summed E-state index contributed by atoms with van der Waals surface area (Å²) in [4.78, 5) is 52.8. The van der Waals surface area contributed by atoms with Crippen LogP contribution in [-0.2, 0) is 20.7 Å². The Labute approximate surface area is 168 Å². The van der Waals surface area contributed by atoms with Gasteiger partial charge < -0.3 is 19.9 Å². The standard InChI is InChI=1S/C21H23N3O5/c1-12-19(21(28)29-3)16(23-20(12)13(2)25)11-17(26)22-14-6-8-15(9-7-14)24-10-4-5-18(24)27/h6-9,23H,4-5,10-11H2,1-3H3,(H,22,26). The van der Waals surface area contributed by atoms with E-state index in [2.05, 4.69) is 10.3 Å². The summed E-state index contributed by atoms with van der Waals surface area (Å²) in [5.41, 5.74) is 2.65. The molecule has 0 spiro atoms. The second-order valence-electron chi connectivity index (χ2n) is 6.95. The number of esters is 1. The molecule has 0 aliphatic carbocycles. The summed E-state index contributed by atoms with van der Waals surface area (Å²) in [6.07, 6.45) is 1.28. The largest absolute Gasteiger partial charge is 0.465 e. The highest BCUT2D eigenvalue weighted by Crippen LogP contribution is 2.24. The lowest BCUT2D eigenvalue weighted by Crippen LogP contribution is -2.23. The van der Waals surface area contributed by atoms with E-state index in [9.17, 15) is 19.2 Å². The maximum absolute atomic E-state index is 12.5. The topological polar surface area (TPSA) is 109 Å². The van der Waals surface area contributed by atoms with Gasteiger partial charge in [0.15, 0.2) is 5.78 Å². The van der Waals surface area contributed by atoms with Gasteiger partial charge in [-0.15, -0.1) is 0 Å². The Hall–Kier alpha value is -3.42. The molecule has 2 aromatic rings. The van der Waals surface area contributed by atoms with Crippen LogP contribution in [0.25, 0.3) is 0 Å². The molecule has 2 heterocycles. The van der Waals surface area contributed by atoms with E-state index in [1.54, 1.807) is 36.1 Å². The zero-order chi connectivity index (χ0) is 21.1. The van der Waals surface area contributed by atoms with Gasteiger partial charge in [0.25, 0.3) is 0 Å². The highest BCUT2D eigenvalue weighted by Gasteiger charge is 2.25. The van der Waals surface area contributed by atoms with Crippen LogP contribution >= 0.6 is 0 Å². The number of carbonyl (C=O) groups is 4. The first-order valence-electron chi connectivity index (χ1n) is 9.32. The van der Waals surface area contributed by atoms with Crippen LogP contribution in [0, 0.1) is 6.92 Å². The number of aromatic nitrogens is 1. The van der Waals surface area contributed by atoms with Crippen LogP contribution in [0.1, 0.15) is 51.9 Å². The van der Waals surface area contributed by atoms with Crippen molar-refractivity contribution in [3.8, 4) is 0 Å². The molecule has 0 bridgehead atoms. The lowest BCUT2D eigenvalue weighted by Gasteiger charge is -2.16. The van der Waals surface area contributed by atoms with Gasteiger partial charge in [-0.2, -0.15) is 0 Å². The van der Waals surface area contributed by atoms with Crippen LogP contribution in [0.4, 0.5) is 11.4 Å². The molecule has 29 heavy (non-hydrogen) atoms. The zero-order valence-electron chi connectivity index (χ0n) is 16.6. The fraction of sp³-hybridized carbons (Fsp3) is 0.333. The lowest BCUT2D eigenvalue weighted by atomic mass is 10.1. The highest BCUT2D eigenvalue weighted by atomic mass is 16.5. The van der Waals surface area contributed by atoms with Gasteiger partial charge >= 0.3 is 5.97 Å². The van der Waals surface area contributed by atoms with E-state index >= 15 is 0 Å². The number of carbonyl (C=O) groups excluding carboxylic acids is 4. The Morgan fingerprint density at radius 3 is 2.45 bits per heavy atom. The number of hydrogen-bond donors (Lipinski definition) is 2. The maximum atomic E-state index is 12.5. The van der Waals surface area contributed by atoms with E-state index in [1.165, 1.54) is 14.0 Å². The van der Waals surface area contributed by atoms with Gasteiger partial charge in [-0.05, 0) is 43.2 Å². The van der Waals surface area contributed by atoms with Gasteiger partial charge in [-0.3, -0.25) is 14.4 Å². The lowest BCUT2D eigenvalue weighted by molar-refractivity contribution is -0.117. The molecule has 1 fully saturated rings. The molecule has 1 saturated heterocycles. The van der Waals surface area contributed by atoms with Gasteiger partial charge in [0, 0.05) is 37.0 Å². The molecule has 0 radical (unpaired) electrons. The first-order valence-corrected chi connectivity index (χ1v) is 9.32. The number of methoxy groups -OCH3 is 1. The van der Waals surface area contributed by atoms with Crippen molar-refractivity contribution in [1.82, 2.24) is 4.98 Å². The van der Waals surface area contributed by atoms with E-state index < -0.39 is 5.97 Å². The number of ether oxygens (including phenoxy) is 1. The number of H-pyrrole nitrogens is 1. The molecular weight excluding hydrogens is 374 g/mol. The number of anilines is 2. The molecule has 2 amide bonds. The average Bonchev–Trinajstić information content (AvgIpc) is 3.25. The highest BCUT2D eigenvalue weighted by molar-refractivity contribution is 6.02. The third-order valence-corrected chi connectivity index (χ3v) is 4.94. The average molecular weight is 397 g/mol. The minimum atomic E-state index is -0.603. The van der Waals surface area contributed by atoms with Gasteiger partial charge in [0.05, 0.1) is 24.8 Å². The number of rotatable bonds is 6. The monoisotopic (exact) mass is 397 g/mol. The normalized spacial score (nSPS) is 13.5. The summed E-state index contributed by atoms with van der Waals surface area (Å²) in [5.74, 6) is -1.09. The summed E-state index contributed by atoms with van der Waals surface area (Å²) in [7, 11) is 1.25. The fourth-order valence-electron chi connectivity index (χ4n) is 3.53. The summed E-state index contributed by atoms with van der Waals surface area (Å²) in [5, 5.41) is 2.76. The number of nitrogens with one attached hydrogen (secondary N) is 2. The van der Waals surface area contributed by atoms with Crippen molar-refractivity contribution < 1.29 is 23.9 Å². The Morgan fingerprint density at radius 1 is 1.21 bits per heavy atom. The smallest absolute Gasteiger partial charge is 0.339 e. The minimum Gasteiger partial charge on any atom is -0.465 e. The predicted octanol–water partition coefficient (Wildman–Crippen LogP) is 2.62. The fourth-order valence-corrected chi connectivity index (χ4v) is 3.53. The van der Waals surface area contributed by atoms with E-state index in [1.807, 2.05) is 0 Å². The molecule has 0 saturated carbocycles. The van der Waals surface area contributed by atoms with Crippen molar-refractivity contribution in [3.63, 3.8) is 0 Å². The molecule has 0 atom stereocenters. The molecule has 1 aromatic carbocycles.